The molecular formula is C20H18N4O. The minimum atomic E-state index is -0.567. The topological polar surface area (TPSA) is 59.0 Å². The van der Waals surface area contributed by atoms with Crippen LogP contribution < -0.4 is 4.90 Å². The number of rotatable bonds is 3. The predicted molar refractivity (Wildman–Crippen MR) is 95.1 cm³/mol. The summed E-state index contributed by atoms with van der Waals surface area (Å²) in [6.45, 7) is 0.660. The predicted octanol–water partition coefficient (Wildman–Crippen LogP) is 2.98. The molecule has 0 saturated carbocycles. The van der Waals surface area contributed by atoms with Crippen molar-refractivity contribution in [2.75, 3.05) is 11.4 Å². The molecule has 0 radical (unpaired) electrons. The van der Waals surface area contributed by atoms with Crippen LogP contribution in [-0.4, -0.2) is 27.3 Å². The first-order chi connectivity index (χ1) is 12.3. The van der Waals surface area contributed by atoms with Gasteiger partial charge in [0.25, 0.3) is 0 Å². The van der Waals surface area contributed by atoms with Crippen molar-refractivity contribution in [3.8, 4) is 0 Å². The lowest BCUT2D eigenvalue weighted by molar-refractivity contribution is -0.121. The summed E-state index contributed by atoms with van der Waals surface area (Å²) in [6, 6.07) is 12.0. The van der Waals surface area contributed by atoms with E-state index in [1.54, 1.807) is 37.2 Å². The Bertz CT molecular complexity index is 813. The molecule has 1 fully saturated rings. The largest absolute Gasteiger partial charge is 0.357 e. The summed E-state index contributed by atoms with van der Waals surface area (Å²) >= 11 is 0. The first kappa shape index (κ1) is 15.4. The lowest BCUT2D eigenvalue weighted by Gasteiger charge is -2.48. The van der Waals surface area contributed by atoms with Crippen molar-refractivity contribution in [1.29, 1.82) is 0 Å². The molecule has 4 heterocycles. The summed E-state index contributed by atoms with van der Waals surface area (Å²) < 4.78 is 0. The van der Waals surface area contributed by atoms with E-state index in [0.29, 0.717) is 19.4 Å². The van der Waals surface area contributed by atoms with Gasteiger partial charge in [0, 0.05) is 62.3 Å². The number of piperidine rings is 1. The van der Waals surface area contributed by atoms with Gasteiger partial charge in [-0.15, -0.1) is 0 Å². The number of hydrogen-bond donors (Lipinski definition) is 0. The number of carbonyl (C=O) groups is 1. The molecule has 0 aromatic carbocycles. The summed E-state index contributed by atoms with van der Waals surface area (Å²) in [5.41, 5.74) is 2.59. The van der Waals surface area contributed by atoms with Crippen molar-refractivity contribution in [2.24, 2.45) is 0 Å². The third-order valence-electron chi connectivity index (χ3n) is 4.82. The molecule has 5 heteroatoms. The standard InChI is InChI=1S/C20H18N4O/c25-19-7-14-24(18-5-12-23-13-6-18)20(15-19,16-1-8-21-9-2-16)17-3-10-22-11-4-17/h1-6,8-13H,7,14-15H2. The molecule has 1 saturated heterocycles. The maximum absolute atomic E-state index is 12.5. The number of carbonyl (C=O) groups excluding carboxylic acids is 1. The number of anilines is 1. The summed E-state index contributed by atoms with van der Waals surface area (Å²) in [4.78, 5) is 27.3. The molecular weight excluding hydrogens is 312 g/mol. The van der Waals surface area contributed by atoms with Gasteiger partial charge in [0.1, 0.15) is 5.78 Å². The summed E-state index contributed by atoms with van der Waals surface area (Å²) in [5, 5.41) is 0. The van der Waals surface area contributed by atoms with Gasteiger partial charge in [-0.1, -0.05) is 0 Å². The first-order valence-corrected chi connectivity index (χ1v) is 8.31. The van der Waals surface area contributed by atoms with E-state index in [1.807, 2.05) is 36.4 Å². The maximum atomic E-state index is 12.5. The second-order valence-corrected chi connectivity index (χ2v) is 6.15. The highest BCUT2D eigenvalue weighted by Gasteiger charge is 2.45. The summed E-state index contributed by atoms with van der Waals surface area (Å²) in [5.74, 6) is 0.263. The van der Waals surface area contributed by atoms with E-state index in [4.69, 9.17) is 0 Å². The Morgan fingerprint density at radius 3 is 1.76 bits per heavy atom. The molecule has 1 aliphatic heterocycles. The van der Waals surface area contributed by atoms with Crippen molar-refractivity contribution in [3.05, 3.63) is 84.7 Å². The van der Waals surface area contributed by atoms with Crippen LogP contribution in [0.3, 0.4) is 0 Å². The molecule has 0 N–H and O–H groups in total. The van der Waals surface area contributed by atoms with Gasteiger partial charge >= 0.3 is 0 Å². The molecule has 0 spiro atoms. The van der Waals surface area contributed by atoms with E-state index in [-0.39, 0.29) is 5.78 Å². The van der Waals surface area contributed by atoms with Crippen molar-refractivity contribution >= 4 is 11.5 Å². The molecule has 0 aliphatic carbocycles. The number of aromatic nitrogens is 3. The number of nitrogens with zero attached hydrogens (tertiary/aromatic N) is 4. The van der Waals surface area contributed by atoms with E-state index in [1.165, 1.54) is 0 Å². The zero-order valence-corrected chi connectivity index (χ0v) is 13.7. The van der Waals surface area contributed by atoms with Gasteiger partial charge in [-0.3, -0.25) is 19.7 Å². The SMILES string of the molecule is O=C1CCN(c2ccncc2)C(c2ccncc2)(c2ccncc2)C1. The molecule has 124 valence electrons. The highest BCUT2D eigenvalue weighted by atomic mass is 16.1. The van der Waals surface area contributed by atoms with E-state index >= 15 is 0 Å². The molecule has 0 bridgehead atoms. The van der Waals surface area contributed by atoms with Crippen LogP contribution in [0.25, 0.3) is 0 Å². The Kier molecular flexibility index (Phi) is 3.98. The lowest BCUT2D eigenvalue weighted by atomic mass is 9.75. The monoisotopic (exact) mass is 330 g/mol. The molecule has 0 atom stereocenters. The molecule has 4 rings (SSSR count). The van der Waals surface area contributed by atoms with E-state index in [2.05, 4.69) is 19.9 Å². The quantitative estimate of drug-likeness (QED) is 0.739. The number of pyridine rings is 3. The lowest BCUT2D eigenvalue weighted by Crippen LogP contribution is -2.53. The Labute approximate surface area is 146 Å². The van der Waals surface area contributed by atoms with Crippen LogP contribution in [0.1, 0.15) is 24.0 Å². The van der Waals surface area contributed by atoms with Crippen LogP contribution >= 0.6 is 0 Å². The molecule has 3 aromatic rings. The van der Waals surface area contributed by atoms with E-state index in [0.717, 1.165) is 16.8 Å². The van der Waals surface area contributed by atoms with Gasteiger partial charge in [0.05, 0.1) is 5.54 Å². The van der Waals surface area contributed by atoms with Crippen LogP contribution in [0.2, 0.25) is 0 Å². The number of ketones is 1. The van der Waals surface area contributed by atoms with Crippen LogP contribution in [0, 0.1) is 0 Å². The molecule has 1 aliphatic rings. The molecule has 5 nitrogen and oxygen atoms in total. The fourth-order valence-electron chi connectivity index (χ4n) is 3.71. The highest BCUT2D eigenvalue weighted by Crippen LogP contribution is 2.44. The third kappa shape index (κ3) is 2.67. The second-order valence-electron chi connectivity index (χ2n) is 6.15. The highest BCUT2D eigenvalue weighted by molar-refractivity contribution is 5.84. The molecule has 25 heavy (non-hydrogen) atoms. The van der Waals surface area contributed by atoms with Gasteiger partial charge in [-0.05, 0) is 47.5 Å². The van der Waals surface area contributed by atoms with Gasteiger partial charge < -0.3 is 4.90 Å². The normalized spacial score (nSPS) is 16.6. The van der Waals surface area contributed by atoms with Crippen molar-refractivity contribution < 1.29 is 4.79 Å². The van der Waals surface area contributed by atoms with Gasteiger partial charge in [0.15, 0.2) is 0 Å². The van der Waals surface area contributed by atoms with E-state index in [9.17, 15) is 4.79 Å². The molecule has 0 amide bonds. The third-order valence-corrected chi connectivity index (χ3v) is 4.82. The van der Waals surface area contributed by atoms with Gasteiger partial charge in [-0.2, -0.15) is 0 Å². The summed E-state index contributed by atoms with van der Waals surface area (Å²) in [7, 11) is 0. The van der Waals surface area contributed by atoms with Crippen molar-refractivity contribution in [2.45, 2.75) is 18.4 Å². The molecule has 0 unspecified atom stereocenters. The second kappa shape index (κ2) is 6.43. The first-order valence-electron chi connectivity index (χ1n) is 8.31. The maximum Gasteiger partial charge on any atom is 0.137 e. The van der Waals surface area contributed by atoms with Crippen LogP contribution in [0.4, 0.5) is 5.69 Å². The minimum absolute atomic E-state index is 0.263. The Hall–Kier alpha value is -3.08. The average Bonchev–Trinajstić information content (AvgIpc) is 2.70. The number of Topliss-reactive ketones (excluding diaryl/α,β-unsaturated/α-hetero) is 1. The van der Waals surface area contributed by atoms with Crippen molar-refractivity contribution in [1.82, 2.24) is 15.0 Å². The van der Waals surface area contributed by atoms with Crippen LogP contribution in [0.15, 0.2) is 73.6 Å². The smallest absolute Gasteiger partial charge is 0.137 e. The zero-order valence-electron chi connectivity index (χ0n) is 13.7. The van der Waals surface area contributed by atoms with Gasteiger partial charge in [0.2, 0.25) is 0 Å². The fraction of sp³-hybridized carbons (Fsp3) is 0.200. The van der Waals surface area contributed by atoms with Gasteiger partial charge in [-0.25, -0.2) is 0 Å². The summed E-state index contributed by atoms with van der Waals surface area (Å²) in [6.07, 6.45) is 11.7. The molecule has 3 aromatic heterocycles. The fourth-order valence-corrected chi connectivity index (χ4v) is 3.71. The Morgan fingerprint density at radius 2 is 1.24 bits per heavy atom. The van der Waals surface area contributed by atoms with Crippen LogP contribution in [0.5, 0.6) is 0 Å². The van der Waals surface area contributed by atoms with E-state index < -0.39 is 5.54 Å². The van der Waals surface area contributed by atoms with Crippen molar-refractivity contribution in [3.63, 3.8) is 0 Å². The Morgan fingerprint density at radius 1 is 0.760 bits per heavy atom. The average molecular weight is 330 g/mol. The number of hydrogen-bond acceptors (Lipinski definition) is 5. The van der Waals surface area contributed by atoms with Crippen LogP contribution in [-0.2, 0) is 10.3 Å². The zero-order chi connectivity index (χ0) is 17.1. The minimum Gasteiger partial charge on any atom is -0.357 e. The Balaban J connectivity index is 1.97.